The Hall–Kier alpha value is -2.31. The van der Waals surface area contributed by atoms with Crippen LogP contribution in [0.4, 0.5) is 0 Å². The maximum Gasteiger partial charge on any atom is 0.220 e. The van der Waals surface area contributed by atoms with Crippen LogP contribution in [-0.4, -0.2) is 42.6 Å². The fourth-order valence-corrected chi connectivity index (χ4v) is 2.34. The van der Waals surface area contributed by atoms with Gasteiger partial charge < -0.3 is 20.7 Å². The first-order valence-electron chi connectivity index (χ1n) is 8.60. The van der Waals surface area contributed by atoms with Gasteiger partial charge in [0.2, 0.25) is 11.8 Å². The van der Waals surface area contributed by atoms with Crippen molar-refractivity contribution in [1.82, 2.24) is 20.9 Å². The molecule has 1 aliphatic rings. The zero-order chi connectivity index (χ0) is 17.2. The summed E-state index contributed by atoms with van der Waals surface area (Å²) in [6.45, 7) is 6.73. The average molecular weight is 333 g/mol. The van der Waals surface area contributed by atoms with Gasteiger partial charge in [-0.3, -0.25) is 4.79 Å². The molecule has 0 aromatic carbocycles. The number of carbonyl (C=O) groups excluding carboxylic acids is 1. The van der Waals surface area contributed by atoms with Gasteiger partial charge in [0.15, 0.2) is 5.96 Å². The van der Waals surface area contributed by atoms with E-state index in [1.54, 1.807) is 6.20 Å². The summed E-state index contributed by atoms with van der Waals surface area (Å²) >= 11 is 0. The maximum atomic E-state index is 11.2. The Labute approximate surface area is 143 Å². The molecule has 1 atom stereocenters. The number of ether oxygens (including phenoxy) is 1. The second-order valence-corrected chi connectivity index (χ2v) is 5.73. The van der Waals surface area contributed by atoms with Crippen molar-refractivity contribution in [3.8, 4) is 5.88 Å². The SMILES string of the molecule is CCCOc1ccc(CN=C(NCC)NC2CCC(=O)NC2)cn1. The highest BCUT2D eigenvalue weighted by atomic mass is 16.5. The van der Waals surface area contributed by atoms with Crippen LogP contribution in [0.5, 0.6) is 5.88 Å². The highest BCUT2D eigenvalue weighted by molar-refractivity contribution is 5.81. The molecule has 1 aromatic heterocycles. The molecule has 2 heterocycles. The molecular weight excluding hydrogens is 306 g/mol. The predicted molar refractivity (Wildman–Crippen MR) is 94.0 cm³/mol. The van der Waals surface area contributed by atoms with Crippen molar-refractivity contribution in [3.05, 3.63) is 23.9 Å². The number of amides is 1. The van der Waals surface area contributed by atoms with E-state index in [9.17, 15) is 4.79 Å². The van der Waals surface area contributed by atoms with Gasteiger partial charge in [0.05, 0.1) is 13.2 Å². The summed E-state index contributed by atoms with van der Waals surface area (Å²) in [5.41, 5.74) is 1.02. The number of aromatic nitrogens is 1. The van der Waals surface area contributed by atoms with E-state index in [1.807, 2.05) is 19.1 Å². The fourth-order valence-electron chi connectivity index (χ4n) is 2.34. The molecule has 0 aliphatic carbocycles. The lowest BCUT2D eigenvalue weighted by Crippen LogP contribution is -2.51. The maximum absolute atomic E-state index is 11.2. The van der Waals surface area contributed by atoms with Crippen LogP contribution in [0.1, 0.15) is 38.7 Å². The molecule has 0 saturated carbocycles. The van der Waals surface area contributed by atoms with Crippen LogP contribution in [0.15, 0.2) is 23.3 Å². The quantitative estimate of drug-likeness (QED) is 0.516. The number of hydrogen-bond acceptors (Lipinski definition) is 4. The van der Waals surface area contributed by atoms with Crippen molar-refractivity contribution in [2.45, 2.75) is 45.7 Å². The average Bonchev–Trinajstić information content (AvgIpc) is 2.61. The number of guanidine groups is 1. The van der Waals surface area contributed by atoms with Gasteiger partial charge in [-0.25, -0.2) is 9.98 Å². The Bertz CT molecular complexity index is 534. The second kappa shape index (κ2) is 9.75. The molecule has 0 spiro atoms. The van der Waals surface area contributed by atoms with Crippen LogP contribution in [0.25, 0.3) is 0 Å². The van der Waals surface area contributed by atoms with Crippen LogP contribution in [0.3, 0.4) is 0 Å². The van der Waals surface area contributed by atoms with E-state index >= 15 is 0 Å². The number of nitrogens with zero attached hydrogens (tertiary/aromatic N) is 2. The molecule has 1 amide bonds. The normalized spacial score (nSPS) is 18.0. The van der Waals surface area contributed by atoms with Gasteiger partial charge in [-0.2, -0.15) is 0 Å². The van der Waals surface area contributed by atoms with Crippen LogP contribution in [0.2, 0.25) is 0 Å². The molecule has 1 aliphatic heterocycles. The monoisotopic (exact) mass is 333 g/mol. The molecule has 132 valence electrons. The minimum absolute atomic E-state index is 0.117. The Morgan fingerprint density at radius 3 is 2.96 bits per heavy atom. The van der Waals surface area contributed by atoms with Crippen molar-refractivity contribution < 1.29 is 9.53 Å². The Kier molecular flexibility index (Phi) is 7.32. The highest BCUT2D eigenvalue weighted by Crippen LogP contribution is 2.09. The van der Waals surface area contributed by atoms with Crippen molar-refractivity contribution in [3.63, 3.8) is 0 Å². The number of piperidine rings is 1. The smallest absolute Gasteiger partial charge is 0.220 e. The van der Waals surface area contributed by atoms with Crippen LogP contribution < -0.4 is 20.7 Å². The summed E-state index contributed by atoms with van der Waals surface area (Å²) < 4.78 is 5.48. The van der Waals surface area contributed by atoms with E-state index in [0.717, 1.165) is 30.9 Å². The van der Waals surface area contributed by atoms with Gasteiger partial charge in [-0.15, -0.1) is 0 Å². The van der Waals surface area contributed by atoms with E-state index in [2.05, 4.69) is 32.9 Å². The first-order valence-corrected chi connectivity index (χ1v) is 8.60. The predicted octanol–water partition coefficient (Wildman–Crippen LogP) is 1.20. The molecule has 7 nitrogen and oxygen atoms in total. The lowest BCUT2D eigenvalue weighted by Gasteiger charge is -2.25. The van der Waals surface area contributed by atoms with Crippen molar-refractivity contribution in [2.75, 3.05) is 19.7 Å². The summed E-state index contributed by atoms with van der Waals surface area (Å²) in [4.78, 5) is 20.1. The molecule has 1 unspecified atom stereocenters. The van der Waals surface area contributed by atoms with Crippen LogP contribution in [0, 0.1) is 0 Å². The number of pyridine rings is 1. The summed E-state index contributed by atoms with van der Waals surface area (Å²) in [5.74, 6) is 1.52. The first-order chi connectivity index (χ1) is 11.7. The lowest BCUT2D eigenvalue weighted by molar-refractivity contribution is -0.122. The molecular formula is C17H27N5O2. The minimum Gasteiger partial charge on any atom is -0.478 e. The molecule has 1 aromatic rings. The van der Waals surface area contributed by atoms with E-state index in [4.69, 9.17) is 4.74 Å². The number of aliphatic imine (C=N–C) groups is 1. The summed E-state index contributed by atoms with van der Waals surface area (Å²) in [6.07, 6.45) is 4.13. The third-order valence-electron chi connectivity index (χ3n) is 3.62. The molecule has 2 rings (SSSR count). The van der Waals surface area contributed by atoms with E-state index in [1.165, 1.54) is 0 Å². The van der Waals surface area contributed by atoms with Crippen LogP contribution in [-0.2, 0) is 11.3 Å². The van der Waals surface area contributed by atoms with E-state index in [0.29, 0.717) is 32.0 Å². The van der Waals surface area contributed by atoms with E-state index in [-0.39, 0.29) is 11.9 Å². The Morgan fingerprint density at radius 2 is 2.33 bits per heavy atom. The molecule has 3 N–H and O–H groups in total. The molecule has 7 heteroatoms. The van der Waals surface area contributed by atoms with Gasteiger partial charge in [0, 0.05) is 37.8 Å². The second-order valence-electron chi connectivity index (χ2n) is 5.73. The van der Waals surface area contributed by atoms with Gasteiger partial charge in [-0.05, 0) is 25.3 Å². The molecule has 24 heavy (non-hydrogen) atoms. The molecule has 0 radical (unpaired) electrons. The highest BCUT2D eigenvalue weighted by Gasteiger charge is 2.18. The van der Waals surface area contributed by atoms with Crippen molar-refractivity contribution >= 4 is 11.9 Å². The fraction of sp³-hybridized carbons (Fsp3) is 0.588. The zero-order valence-corrected chi connectivity index (χ0v) is 14.5. The van der Waals surface area contributed by atoms with Gasteiger partial charge >= 0.3 is 0 Å². The number of carbonyl (C=O) groups is 1. The molecule has 1 fully saturated rings. The van der Waals surface area contributed by atoms with Gasteiger partial charge in [-0.1, -0.05) is 13.0 Å². The van der Waals surface area contributed by atoms with Crippen molar-refractivity contribution in [2.24, 2.45) is 4.99 Å². The largest absolute Gasteiger partial charge is 0.478 e. The zero-order valence-electron chi connectivity index (χ0n) is 14.5. The first kappa shape index (κ1) is 18.0. The van der Waals surface area contributed by atoms with Crippen LogP contribution >= 0.6 is 0 Å². The van der Waals surface area contributed by atoms with Crippen molar-refractivity contribution in [1.29, 1.82) is 0 Å². The number of nitrogens with one attached hydrogen (secondary N) is 3. The molecule has 0 bridgehead atoms. The Morgan fingerprint density at radius 1 is 1.46 bits per heavy atom. The standard InChI is InChI=1S/C17H27N5O2/c1-3-9-24-16-8-5-13(10-20-16)11-21-17(18-4-2)22-14-6-7-15(23)19-12-14/h5,8,10,14H,3-4,6-7,9,11-12H2,1-2H3,(H,19,23)(H2,18,21,22). The van der Waals surface area contributed by atoms with Gasteiger partial charge in [0.1, 0.15) is 0 Å². The molecule has 1 saturated heterocycles. The lowest BCUT2D eigenvalue weighted by atomic mass is 10.1. The summed E-state index contributed by atoms with van der Waals surface area (Å²) in [7, 11) is 0. The topological polar surface area (TPSA) is 87.6 Å². The van der Waals surface area contributed by atoms with E-state index < -0.39 is 0 Å². The third kappa shape index (κ3) is 6.06. The minimum atomic E-state index is 0.117. The Balaban J connectivity index is 1.88. The van der Waals surface area contributed by atoms with Gasteiger partial charge in [0.25, 0.3) is 0 Å². The summed E-state index contributed by atoms with van der Waals surface area (Å²) in [6, 6.07) is 4.06. The number of hydrogen-bond donors (Lipinski definition) is 3. The third-order valence-corrected chi connectivity index (χ3v) is 3.62. The number of rotatable bonds is 7. The summed E-state index contributed by atoms with van der Waals surface area (Å²) in [5, 5.41) is 9.47.